The highest BCUT2D eigenvalue weighted by atomic mass is 35.5. The van der Waals surface area contributed by atoms with E-state index in [4.69, 9.17) is 11.6 Å². The third kappa shape index (κ3) is 2.39. The molecule has 17 heavy (non-hydrogen) atoms. The molecule has 1 aromatic rings. The van der Waals surface area contributed by atoms with E-state index in [9.17, 15) is 4.79 Å². The zero-order chi connectivity index (χ0) is 12.4. The molecule has 1 aliphatic rings. The minimum absolute atomic E-state index is 0.152. The second-order valence-corrected chi connectivity index (χ2v) is 5.21. The van der Waals surface area contributed by atoms with Gasteiger partial charge in [0.25, 0.3) is 0 Å². The van der Waals surface area contributed by atoms with Crippen LogP contribution in [0.3, 0.4) is 0 Å². The van der Waals surface area contributed by atoms with Crippen molar-refractivity contribution >= 4 is 17.4 Å². The molecule has 1 fully saturated rings. The SMILES string of the molecule is CCC1CCC(C(=O)c2c(Cl)cnn2CC)C1. The van der Waals surface area contributed by atoms with Crippen LogP contribution >= 0.6 is 11.6 Å². The van der Waals surface area contributed by atoms with Crippen molar-refractivity contribution in [2.24, 2.45) is 11.8 Å². The number of aryl methyl sites for hydroxylation is 1. The van der Waals surface area contributed by atoms with E-state index in [0.717, 1.165) is 12.8 Å². The van der Waals surface area contributed by atoms with E-state index in [1.54, 1.807) is 10.9 Å². The van der Waals surface area contributed by atoms with E-state index in [-0.39, 0.29) is 11.7 Å². The second-order valence-electron chi connectivity index (χ2n) is 4.81. The van der Waals surface area contributed by atoms with Crippen LogP contribution in [-0.2, 0) is 6.54 Å². The second kappa shape index (κ2) is 5.21. The maximum Gasteiger partial charge on any atom is 0.185 e. The lowest BCUT2D eigenvalue weighted by molar-refractivity contribution is 0.0909. The lowest BCUT2D eigenvalue weighted by atomic mass is 9.97. The highest BCUT2D eigenvalue weighted by Gasteiger charge is 2.32. The number of halogens is 1. The average molecular weight is 255 g/mol. The van der Waals surface area contributed by atoms with Gasteiger partial charge in [0, 0.05) is 12.5 Å². The Hall–Kier alpha value is -0.830. The Labute approximate surface area is 107 Å². The van der Waals surface area contributed by atoms with Crippen LogP contribution in [0.4, 0.5) is 0 Å². The molecule has 2 rings (SSSR count). The van der Waals surface area contributed by atoms with Gasteiger partial charge in [0.1, 0.15) is 5.69 Å². The minimum atomic E-state index is 0.152. The van der Waals surface area contributed by atoms with Gasteiger partial charge in [-0.05, 0) is 32.1 Å². The lowest BCUT2D eigenvalue weighted by Gasteiger charge is -2.10. The Morgan fingerprint density at radius 3 is 2.88 bits per heavy atom. The van der Waals surface area contributed by atoms with Crippen LogP contribution in [0.25, 0.3) is 0 Å². The summed E-state index contributed by atoms with van der Waals surface area (Å²) in [5.41, 5.74) is 0.607. The van der Waals surface area contributed by atoms with Crippen LogP contribution < -0.4 is 0 Å². The Morgan fingerprint density at radius 2 is 2.29 bits per heavy atom. The lowest BCUT2D eigenvalue weighted by Crippen LogP contribution is -2.17. The predicted molar refractivity (Wildman–Crippen MR) is 68.4 cm³/mol. The molecule has 4 heteroatoms. The molecule has 2 atom stereocenters. The molecule has 3 nitrogen and oxygen atoms in total. The molecule has 0 N–H and O–H groups in total. The van der Waals surface area contributed by atoms with Crippen molar-refractivity contribution in [2.45, 2.75) is 46.1 Å². The highest BCUT2D eigenvalue weighted by Crippen LogP contribution is 2.35. The van der Waals surface area contributed by atoms with Crippen molar-refractivity contribution in [3.63, 3.8) is 0 Å². The first-order valence-corrected chi connectivity index (χ1v) is 6.80. The number of hydrogen-bond acceptors (Lipinski definition) is 2. The number of Topliss-reactive ketones (excluding diaryl/α,β-unsaturated/α-hetero) is 1. The molecule has 0 amide bonds. The van der Waals surface area contributed by atoms with Gasteiger partial charge in [0.15, 0.2) is 5.78 Å². The fraction of sp³-hybridized carbons (Fsp3) is 0.692. The van der Waals surface area contributed by atoms with Gasteiger partial charge in [0.05, 0.1) is 11.2 Å². The fourth-order valence-electron chi connectivity index (χ4n) is 2.72. The number of carbonyl (C=O) groups excluding carboxylic acids is 1. The largest absolute Gasteiger partial charge is 0.292 e. The van der Waals surface area contributed by atoms with Crippen LogP contribution in [0.2, 0.25) is 5.02 Å². The fourth-order valence-corrected chi connectivity index (χ4v) is 2.96. The summed E-state index contributed by atoms with van der Waals surface area (Å²) < 4.78 is 1.71. The smallest absolute Gasteiger partial charge is 0.185 e. The number of aromatic nitrogens is 2. The first-order valence-electron chi connectivity index (χ1n) is 6.42. The monoisotopic (exact) mass is 254 g/mol. The molecule has 0 bridgehead atoms. The van der Waals surface area contributed by atoms with Gasteiger partial charge in [-0.25, -0.2) is 0 Å². The number of rotatable bonds is 4. The van der Waals surface area contributed by atoms with Gasteiger partial charge in [-0.2, -0.15) is 5.10 Å². The molecular weight excluding hydrogens is 236 g/mol. The van der Waals surface area contributed by atoms with Crippen LogP contribution in [0.15, 0.2) is 6.20 Å². The standard InChI is InChI=1S/C13H19ClN2O/c1-3-9-5-6-10(7-9)13(17)12-11(14)8-15-16(12)4-2/h8-10H,3-7H2,1-2H3. The minimum Gasteiger partial charge on any atom is -0.292 e. The summed E-state index contributed by atoms with van der Waals surface area (Å²) in [6.45, 7) is 4.86. The summed E-state index contributed by atoms with van der Waals surface area (Å²) >= 11 is 6.06. The van der Waals surface area contributed by atoms with Crippen LogP contribution in [0.1, 0.15) is 50.0 Å². The van der Waals surface area contributed by atoms with E-state index < -0.39 is 0 Å². The molecule has 1 aliphatic carbocycles. The van der Waals surface area contributed by atoms with E-state index >= 15 is 0 Å². The van der Waals surface area contributed by atoms with Gasteiger partial charge in [0.2, 0.25) is 0 Å². The molecular formula is C13H19ClN2O. The first-order chi connectivity index (χ1) is 8.17. The molecule has 0 spiro atoms. The van der Waals surface area contributed by atoms with E-state index in [0.29, 0.717) is 23.2 Å². The van der Waals surface area contributed by atoms with E-state index in [2.05, 4.69) is 12.0 Å². The van der Waals surface area contributed by atoms with Crippen molar-refractivity contribution in [2.75, 3.05) is 0 Å². The summed E-state index contributed by atoms with van der Waals surface area (Å²) in [5.74, 6) is 1.05. The summed E-state index contributed by atoms with van der Waals surface area (Å²) in [4.78, 5) is 12.4. The maximum atomic E-state index is 12.4. The zero-order valence-corrected chi connectivity index (χ0v) is 11.2. The number of hydrogen-bond donors (Lipinski definition) is 0. The molecule has 1 heterocycles. The summed E-state index contributed by atoms with van der Waals surface area (Å²) in [7, 11) is 0. The van der Waals surface area contributed by atoms with Gasteiger partial charge < -0.3 is 0 Å². The van der Waals surface area contributed by atoms with Gasteiger partial charge in [-0.3, -0.25) is 9.48 Å². The molecule has 2 unspecified atom stereocenters. The van der Waals surface area contributed by atoms with Gasteiger partial charge in [-0.1, -0.05) is 24.9 Å². The molecule has 0 aliphatic heterocycles. The first kappa shape index (κ1) is 12.6. The third-order valence-corrected chi connectivity index (χ3v) is 4.09. The van der Waals surface area contributed by atoms with Gasteiger partial charge >= 0.3 is 0 Å². The number of nitrogens with zero attached hydrogens (tertiary/aromatic N) is 2. The summed E-state index contributed by atoms with van der Waals surface area (Å²) in [6.07, 6.45) is 5.93. The topological polar surface area (TPSA) is 34.9 Å². The Morgan fingerprint density at radius 1 is 1.53 bits per heavy atom. The quantitative estimate of drug-likeness (QED) is 0.770. The van der Waals surface area contributed by atoms with E-state index in [1.807, 2.05) is 6.92 Å². The molecule has 0 saturated heterocycles. The van der Waals surface area contributed by atoms with Crippen molar-refractivity contribution < 1.29 is 4.79 Å². The zero-order valence-electron chi connectivity index (χ0n) is 10.4. The van der Waals surface area contributed by atoms with Crippen LogP contribution in [-0.4, -0.2) is 15.6 Å². The Bertz CT molecular complexity index is 414. The van der Waals surface area contributed by atoms with E-state index in [1.165, 1.54) is 12.8 Å². The predicted octanol–water partition coefficient (Wildman–Crippen LogP) is 3.57. The van der Waals surface area contributed by atoms with Crippen LogP contribution in [0, 0.1) is 11.8 Å². The van der Waals surface area contributed by atoms with Crippen molar-refractivity contribution in [1.82, 2.24) is 9.78 Å². The third-order valence-electron chi connectivity index (χ3n) is 3.82. The van der Waals surface area contributed by atoms with Crippen LogP contribution in [0.5, 0.6) is 0 Å². The van der Waals surface area contributed by atoms with Gasteiger partial charge in [-0.15, -0.1) is 0 Å². The molecule has 0 radical (unpaired) electrons. The Kier molecular flexibility index (Phi) is 3.87. The molecule has 0 aromatic carbocycles. The Balaban J connectivity index is 2.17. The molecule has 1 aromatic heterocycles. The molecule has 94 valence electrons. The highest BCUT2D eigenvalue weighted by molar-refractivity contribution is 6.33. The number of carbonyl (C=O) groups is 1. The maximum absolute atomic E-state index is 12.4. The van der Waals surface area contributed by atoms with Crippen molar-refractivity contribution in [3.8, 4) is 0 Å². The van der Waals surface area contributed by atoms with Crippen molar-refractivity contribution in [1.29, 1.82) is 0 Å². The van der Waals surface area contributed by atoms with Crippen molar-refractivity contribution in [3.05, 3.63) is 16.9 Å². The summed E-state index contributed by atoms with van der Waals surface area (Å²) in [6, 6.07) is 0. The number of ketones is 1. The summed E-state index contributed by atoms with van der Waals surface area (Å²) in [5, 5.41) is 4.63. The normalized spacial score (nSPS) is 24.2. The molecule has 1 saturated carbocycles. The average Bonchev–Trinajstić information content (AvgIpc) is 2.94.